The predicted molar refractivity (Wildman–Crippen MR) is 68.1 cm³/mol. The number of hydrogen-bond acceptors (Lipinski definition) is 5. The third-order valence-corrected chi connectivity index (χ3v) is 3.65. The van der Waals surface area contributed by atoms with E-state index in [-0.39, 0.29) is 5.92 Å². The van der Waals surface area contributed by atoms with Gasteiger partial charge in [0.25, 0.3) is 0 Å². The lowest BCUT2D eigenvalue weighted by Gasteiger charge is -2.13. The molecule has 92 valence electrons. The molecule has 2 aromatic heterocycles. The van der Waals surface area contributed by atoms with Crippen LogP contribution in [0.4, 0.5) is 0 Å². The van der Waals surface area contributed by atoms with Crippen molar-refractivity contribution in [2.24, 2.45) is 11.7 Å². The summed E-state index contributed by atoms with van der Waals surface area (Å²) in [6.45, 7) is 4.76. The van der Waals surface area contributed by atoms with Crippen LogP contribution in [0, 0.1) is 5.92 Å². The predicted octanol–water partition coefficient (Wildman–Crippen LogP) is 2.42. The Kier molecular flexibility index (Phi) is 3.91. The fraction of sp³-hybridized carbons (Fsp3) is 0.500. The summed E-state index contributed by atoms with van der Waals surface area (Å²) in [5.41, 5.74) is 5.73. The number of thiophene rings is 1. The molecule has 0 spiro atoms. The minimum Gasteiger partial charge on any atom is -0.339 e. The Morgan fingerprint density at radius 2 is 2.29 bits per heavy atom. The van der Waals surface area contributed by atoms with Crippen LogP contribution in [-0.4, -0.2) is 16.7 Å². The van der Waals surface area contributed by atoms with Crippen molar-refractivity contribution >= 4 is 11.3 Å². The normalized spacial score (nSPS) is 13.2. The zero-order valence-corrected chi connectivity index (χ0v) is 10.9. The van der Waals surface area contributed by atoms with Crippen LogP contribution in [0.2, 0.25) is 0 Å². The van der Waals surface area contributed by atoms with E-state index in [1.807, 2.05) is 11.4 Å². The molecule has 0 radical (unpaired) electrons. The van der Waals surface area contributed by atoms with Gasteiger partial charge in [0.2, 0.25) is 5.89 Å². The molecule has 0 fully saturated rings. The molecule has 0 bridgehead atoms. The van der Waals surface area contributed by atoms with Gasteiger partial charge in [-0.15, -0.1) is 11.3 Å². The van der Waals surface area contributed by atoms with Crippen molar-refractivity contribution in [2.75, 3.05) is 6.54 Å². The molecule has 0 aromatic carbocycles. The summed E-state index contributed by atoms with van der Waals surface area (Å²) >= 11 is 1.70. The summed E-state index contributed by atoms with van der Waals surface area (Å²) in [6.07, 6.45) is 0.733. The summed E-state index contributed by atoms with van der Waals surface area (Å²) in [6, 6.07) is 4.10. The molecule has 2 aromatic rings. The van der Waals surface area contributed by atoms with Crippen LogP contribution in [0.1, 0.15) is 36.4 Å². The number of nitrogens with zero attached hydrogens (tertiary/aromatic N) is 2. The van der Waals surface area contributed by atoms with E-state index in [9.17, 15) is 0 Å². The molecule has 0 aliphatic carbocycles. The Labute approximate surface area is 105 Å². The molecule has 0 saturated heterocycles. The standard InChI is InChI=1S/C12H17N3OS/c1-8(2)10(7-13)12-14-11(15-16-12)6-9-4-3-5-17-9/h3-5,8,10H,6-7,13H2,1-2H3. The third-order valence-electron chi connectivity index (χ3n) is 2.77. The maximum Gasteiger partial charge on any atom is 0.231 e. The Balaban J connectivity index is 2.10. The zero-order valence-electron chi connectivity index (χ0n) is 10.1. The van der Waals surface area contributed by atoms with Gasteiger partial charge >= 0.3 is 0 Å². The van der Waals surface area contributed by atoms with Crippen LogP contribution in [0.25, 0.3) is 0 Å². The molecule has 2 N–H and O–H groups in total. The molecule has 5 heteroatoms. The van der Waals surface area contributed by atoms with E-state index in [4.69, 9.17) is 10.3 Å². The maximum absolute atomic E-state index is 5.73. The lowest BCUT2D eigenvalue weighted by atomic mass is 9.96. The number of hydrogen-bond donors (Lipinski definition) is 1. The first kappa shape index (κ1) is 12.3. The van der Waals surface area contributed by atoms with E-state index in [1.54, 1.807) is 11.3 Å². The lowest BCUT2D eigenvalue weighted by molar-refractivity contribution is 0.322. The topological polar surface area (TPSA) is 64.9 Å². The molecular formula is C12H17N3OS. The van der Waals surface area contributed by atoms with Crippen LogP contribution in [-0.2, 0) is 6.42 Å². The molecule has 2 rings (SSSR count). The van der Waals surface area contributed by atoms with Crippen molar-refractivity contribution in [2.45, 2.75) is 26.2 Å². The Bertz CT molecular complexity index is 450. The van der Waals surface area contributed by atoms with Crippen molar-refractivity contribution in [3.05, 3.63) is 34.1 Å². The quantitative estimate of drug-likeness (QED) is 0.886. The van der Waals surface area contributed by atoms with Crippen molar-refractivity contribution in [1.29, 1.82) is 0 Å². The minimum atomic E-state index is 0.152. The summed E-state index contributed by atoms with van der Waals surface area (Å²) in [5.74, 6) is 1.96. The highest BCUT2D eigenvalue weighted by atomic mass is 32.1. The van der Waals surface area contributed by atoms with Gasteiger partial charge < -0.3 is 10.3 Å². The number of aromatic nitrogens is 2. The van der Waals surface area contributed by atoms with E-state index >= 15 is 0 Å². The van der Waals surface area contributed by atoms with Gasteiger partial charge in [-0.25, -0.2) is 0 Å². The van der Waals surface area contributed by atoms with Gasteiger partial charge in [0, 0.05) is 17.8 Å². The lowest BCUT2D eigenvalue weighted by Crippen LogP contribution is -2.18. The molecular weight excluding hydrogens is 234 g/mol. The van der Waals surface area contributed by atoms with Gasteiger partial charge in [-0.05, 0) is 17.4 Å². The molecule has 0 amide bonds. The third kappa shape index (κ3) is 2.92. The van der Waals surface area contributed by atoms with Gasteiger partial charge in [0.05, 0.1) is 5.92 Å². The van der Waals surface area contributed by atoms with Gasteiger partial charge in [0.1, 0.15) is 0 Å². The first-order valence-electron chi connectivity index (χ1n) is 5.75. The van der Waals surface area contributed by atoms with E-state index < -0.39 is 0 Å². The average molecular weight is 251 g/mol. The summed E-state index contributed by atoms with van der Waals surface area (Å²) in [5, 5.41) is 6.06. The SMILES string of the molecule is CC(C)C(CN)c1nc(Cc2cccs2)no1. The van der Waals surface area contributed by atoms with Crippen molar-refractivity contribution in [1.82, 2.24) is 10.1 Å². The second-order valence-electron chi connectivity index (χ2n) is 4.39. The fourth-order valence-electron chi connectivity index (χ4n) is 1.72. The Morgan fingerprint density at radius 1 is 1.47 bits per heavy atom. The maximum atomic E-state index is 5.73. The van der Waals surface area contributed by atoms with E-state index in [0.29, 0.717) is 18.4 Å². The summed E-state index contributed by atoms with van der Waals surface area (Å²) < 4.78 is 5.29. The van der Waals surface area contributed by atoms with Crippen LogP contribution in [0.5, 0.6) is 0 Å². The van der Waals surface area contributed by atoms with Gasteiger partial charge in [-0.2, -0.15) is 4.98 Å². The molecule has 1 atom stereocenters. The highest BCUT2D eigenvalue weighted by Gasteiger charge is 2.21. The number of rotatable bonds is 5. The summed E-state index contributed by atoms with van der Waals surface area (Å²) in [7, 11) is 0. The fourth-order valence-corrected chi connectivity index (χ4v) is 2.42. The molecule has 2 heterocycles. The highest BCUT2D eigenvalue weighted by Crippen LogP contribution is 2.22. The molecule has 0 saturated carbocycles. The van der Waals surface area contributed by atoms with Crippen molar-refractivity contribution < 1.29 is 4.52 Å². The summed E-state index contributed by atoms with van der Waals surface area (Å²) in [4.78, 5) is 5.67. The van der Waals surface area contributed by atoms with Gasteiger partial charge in [-0.3, -0.25) is 0 Å². The van der Waals surface area contributed by atoms with Crippen molar-refractivity contribution in [3.8, 4) is 0 Å². The largest absolute Gasteiger partial charge is 0.339 e. The smallest absolute Gasteiger partial charge is 0.231 e. The first-order valence-corrected chi connectivity index (χ1v) is 6.63. The number of nitrogens with two attached hydrogens (primary N) is 1. The van der Waals surface area contributed by atoms with E-state index in [1.165, 1.54) is 4.88 Å². The van der Waals surface area contributed by atoms with Gasteiger partial charge in [0.15, 0.2) is 5.82 Å². The van der Waals surface area contributed by atoms with Crippen molar-refractivity contribution in [3.63, 3.8) is 0 Å². The molecule has 0 aliphatic rings. The zero-order chi connectivity index (χ0) is 12.3. The van der Waals surface area contributed by atoms with Gasteiger partial charge in [-0.1, -0.05) is 25.1 Å². The second kappa shape index (κ2) is 5.42. The Morgan fingerprint density at radius 3 is 2.88 bits per heavy atom. The van der Waals surface area contributed by atoms with Crippen LogP contribution in [0.15, 0.2) is 22.0 Å². The molecule has 0 aliphatic heterocycles. The average Bonchev–Trinajstić information content (AvgIpc) is 2.91. The first-order chi connectivity index (χ1) is 8.20. The highest BCUT2D eigenvalue weighted by molar-refractivity contribution is 7.09. The monoisotopic (exact) mass is 251 g/mol. The molecule has 4 nitrogen and oxygen atoms in total. The van der Waals surface area contributed by atoms with E-state index in [0.717, 1.165) is 12.2 Å². The van der Waals surface area contributed by atoms with E-state index in [2.05, 4.69) is 30.1 Å². The van der Waals surface area contributed by atoms with Crippen LogP contribution in [0.3, 0.4) is 0 Å². The second-order valence-corrected chi connectivity index (χ2v) is 5.42. The molecule has 1 unspecified atom stereocenters. The Hall–Kier alpha value is -1.20. The molecule has 17 heavy (non-hydrogen) atoms. The van der Waals surface area contributed by atoms with Crippen LogP contribution >= 0.6 is 11.3 Å². The van der Waals surface area contributed by atoms with Crippen LogP contribution < -0.4 is 5.73 Å². The minimum absolute atomic E-state index is 0.152.